The van der Waals surface area contributed by atoms with Crippen molar-refractivity contribution in [3.8, 4) is 0 Å². The van der Waals surface area contributed by atoms with Gasteiger partial charge in [-0.05, 0) is 38.1 Å². The molecule has 0 aliphatic carbocycles. The van der Waals surface area contributed by atoms with Crippen LogP contribution < -0.4 is 11.1 Å². The molecule has 1 aromatic rings. The van der Waals surface area contributed by atoms with Gasteiger partial charge in [0, 0.05) is 6.20 Å². The summed E-state index contributed by atoms with van der Waals surface area (Å²) in [6.07, 6.45) is 2.94. The molecule has 1 aliphatic rings. The van der Waals surface area contributed by atoms with Gasteiger partial charge in [0.05, 0.1) is 16.1 Å². The predicted octanol–water partition coefficient (Wildman–Crippen LogP) is 0.841. The fourth-order valence-electron chi connectivity index (χ4n) is 2.14. The summed E-state index contributed by atoms with van der Waals surface area (Å²) in [5.41, 5.74) is 5.63. The van der Waals surface area contributed by atoms with Gasteiger partial charge in [-0.2, -0.15) is 0 Å². The summed E-state index contributed by atoms with van der Waals surface area (Å²) in [5.74, 6) is -0.302. The number of nitrogens with zero attached hydrogens (tertiary/aromatic N) is 1. The summed E-state index contributed by atoms with van der Waals surface area (Å²) in [6, 6.07) is 3.54. The number of nitrogens with two attached hydrogens (primary N) is 1. The van der Waals surface area contributed by atoms with Gasteiger partial charge in [-0.3, -0.25) is 9.78 Å². The molecule has 0 saturated carbocycles. The van der Waals surface area contributed by atoms with Crippen LogP contribution in [0.3, 0.4) is 0 Å². The van der Waals surface area contributed by atoms with Crippen LogP contribution in [0.4, 0.5) is 0 Å². The molecule has 16 heavy (non-hydrogen) atoms. The van der Waals surface area contributed by atoms with E-state index in [4.69, 9.17) is 17.3 Å². The molecule has 4 nitrogen and oxygen atoms in total. The molecule has 3 N–H and O–H groups in total. The van der Waals surface area contributed by atoms with Crippen LogP contribution in [-0.4, -0.2) is 24.0 Å². The fourth-order valence-corrected chi connectivity index (χ4v) is 2.25. The van der Waals surface area contributed by atoms with E-state index in [-0.39, 0.29) is 5.91 Å². The maximum absolute atomic E-state index is 11.7. The van der Waals surface area contributed by atoms with Crippen molar-refractivity contribution < 1.29 is 4.79 Å². The molecule has 0 spiro atoms. The van der Waals surface area contributed by atoms with Gasteiger partial charge in [-0.15, -0.1) is 0 Å². The van der Waals surface area contributed by atoms with E-state index in [1.54, 1.807) is 18.3 Å². The van der Waals surface area contributed by atoms with E-state index in [0.717, 1.165) is 18.8 Å². The van der Waals surface area contributed by atoms with E-state index in [0.29, 0.717) is 17.9 Å². The molecule has 0 atom stereocenters. The molecule has 1 amide bonds. The first-order valence-corrected chi connectivity index (χ1v) is 5.66. The summed E-state index contributed by atoms with van der Waals surface area (Å²) in [7, 11) is 0. The summed E-state index contributed by atoms with van der Waals surface area (Å²) in [6.45, 7) is 1.57. The van der Waals surface area contributed by atoms with Crippen molar-refractivity contribution in [2.45, 2.75) is 18.3 Å². The molecule has 1 fully saturated rings. The van der Waals surface area contributed by atoms with Gasteiger partial charge in [0.2, 0.25) is 5.91 Å². The van der Waals surface area contributed by atoms with Crippen LogP contribution in [-0.2, 0) is 10.2 Å². The first kappa shape index (κ1) is 11.4. The van der Waals surface area contributed by atoms with Crippen LogP contribution in [0.25, 0.3) is 0 Å². The van der Waals surface area contributed by atoms with Gasteiger partial charge >= 0.3 is 0 Å². The summed E-state index contributed by atoms with van der Waals surface area (Å²) >= 11 is 5.78. The Bertz CT molecular complexity index is 385. The van der Waals surface area contributed by atoms with E-state index >= 15 is 0 Å². The summed E-state index contributed by atoms with van der Waals surface area (Å²) in [5, 5.41) is 3.78. The Hall–Kier alpha value is -1.13. The molecule has 0 unspecified atom stereocenters. The molecule has 2 rings (SSSR count). The quantitative estimate of drug-likeness (QED) is 0.804. The van der Waals surface area contributed by atoms with E-state index < -0.39 is 5.41 Å². The third-order valence-corrected chi connectivity index (χ3v) is 3.37. The molecule has 2 heterocycles. The van der Waals surface area contributed by atoms with Gasteiger partial charge in [0.25, 0.3) is 0 Å². The number of rotatable bonds is 2. The zero-order valence-electron chi connectivity index (χ0n) is 8.87. The molecule has 0 aromatic carbocycles. The van der Waals surface area contributed by atoms with E-state index in [2.05, 4.69) is 10.3 Å². The third kappa shape index (κ3) is 1.90. The van der Waals surface area contributed by atoms with Crippen molar-refractivity contribution in [2.24, 2.45) is 5.73 Å². The van der Waals surface area contributed by atoms with Gasteiger partial charge in [-0.1, -0.05) is 11.6 Å². The van der Waals surface area contributed by atoms with Crippen molar-refractivity contribution in [1.82, 2.24) is 10.3 Å². The zero-order chi connectivity index (χ0) is 11.6. The number of pyridine rings is 1. The van der Waals surface area contributed by atoms with Crippen LogP contribution >= 0.6 is 11.6 Å². The molecule has 5 heteroatoms. The van der Waals surface area contributed by atoms with E-state index in [1.165, 1.54) is 0 Å². The second-order valence-corrected chi connectivity index (χ2v) is 4.49. The Morgan fingerprint density at radius 3 is 2.62 bits per heavy atom. The average molecular weight is 240 g/mol. The number of halogens is 1. The highest BCUT2D eigenvalue weighted by atomic mass is 35.5. The second-order valence-electron chi connectivity index (χ2n) is 4.06. The van der Waals surface area contributed by atoms with Crippen LogP contribution in [0, 0.1) is 0 Å². The minimum atomic E-state index is -0.629. The number of primary amides is 1. The van der Waals surface area contributed by atoms with Crippen LogP contribution in [0.1, 0.15) is 18.5 Å². The largest absolute Gasteiger partial charge is 0.369 e. The highest BCUT2D eigenvalue weighted by Gasteiger charge is 2.40. The van der Waals surface area contributed by atoms with E-state index in [1.807, 2.05) is 0 Å². The first-order chi connectivity index (χ1) is 7.65. The number of hydrogen-bond donors (Lipinski definition) is 2. The van der Waals surface area contributed by atoms with Gasteiger partial charge < -0.3 is 11.1 Å². The van der Waals surface area contributed by atoms with Crippen molar-refractivity contribution in [3.63, 3.8) is 0 Å². The lowest BCUT2D eigenvalue weighted by molar-refractivity contribution is -0.124. The molecule has 1 saturated heterocycles. The van der Waals surface area contributed by atoms with Crippen molar-refractivity contribution in [1.29, 1.82) is 0 Å². The third-order valence-electron chi connectivity index (χ3n) is 3.15. The van der Waals surface area contributed by atoms with Crippen LogP contribution in [0.15, 0.2) is 18.3 Å². The minimum absolute atomic E-state index is 0.302. The number of hydrogen-bond acceptors (Lipinski definition) is 3. The SMILES string of the molecule is NC(=O)C1(c2ccc(Cl)cn2)CCNCC1. The number of carbonyl (C=O) groups is 1. The lowest BCUT2D eigenvalue weighted by Gasteiger charge is -2.34. The van der Waals surface area contributed by atoms with Gasteiger partial charge in [-0.25, -0.2) is 0 Å². The molecular formula is C11H14ClN3O. The Morgan fingerprint density at radius 1 is 1.44 bits per heavy atom. The Kier molecular flexibility index (Phi) is 3.12. The normalized spacial score (nSPS) is 19.3. The Labute approximate surface area is 99.2 Å². The number of carbonyl (C=O) groups excluding carboxylic acids is 1. The number of amides is 1. The highest BCUT2D eigenvalue weighted by molar-refractivity contribution is 6.30. The van der Waals surface area contributed by atoms with Crippen molar-refractivity contribution >= 4 is 17.5 Å². The molecule has 1 aromatic heterocycles. The topological polar surface area (TPSA) is 68.0 Å². The van der Waals surface area contributed by atoms with Crippen LogP contribution in [0.2, 0.25) is 5.02 Å². The number of nitrogens with one attached hydrogen (secondary N) is 1. The lowest BCUT2D eigenvalue weighted by Crippen LogP contribution is -2.49. The molecule has 1 aliphatic heterocycles. The standard InChI is InChI=1S/C11H14ClN3O/c12-8-1-2-9(15-7-8)11(10(13)16)3-5-14-6-4-11/h1-2,7,14H,3-6H2,(H2,13,16). The molecule has 0 radical (unpaired) electrons. The summed E-state index contributed by atoms with van der Waals surface area (Å²) in [4.78, 5) is 15.9. The first-order valence-electron chi connectivity index (χ1n) is 5.28. The maximum Gasteiger partial charge on any atom is 0.229 e. The summed E-state index contributed by atoms with van der Waals surface area (Å²) < 4.78 is 0. The van der Waals surface area contributed by atoms with Crippen molar-refractivity contribution in [3.05, 3.63) is 29.0 Å². The lowest BCUT2D eigenvalue weighted by atomic mass is 9.75. The Morgan fingerprint density at radius 2 is 2.12 bits per heavy atom. The molecule has 0 bridgehead atoms. The maximum atomic E-state index is 11.7. The van der Waals surface area contributed by atoms with Gasteiger partial charge in [0.1, 0.15) is 0 Å². The number of piperidine rings is 1. The average Bonchev–Trinajstić information content (AvgIpc) is 2.30. The minimum Gasteiger partial charge on any atom is -0.369 e. The van der Waals surface area contributed by atoms with E-state index in [9.17, 15) is 4.79 Å². The van der Waals surface area contributed by atoms with Crippen LogP contribution in [0.5, 0.6) is 0 Å². The highest BCUT2D eigenvalue weighted by Crippen LogP contribution is 2.32. The number of aromatic nitrogens is 1. The smallest absolute Gasteiger partial charge is 0.229 e. The van der Waals surface area contributed by atoms with Crippen molar-refractivity contribution in [2.75, 3.05) is 13.1 Å². The molecular weight excluding hydrogens is 226 g/mol. The molecule has 86 valence electrons. The van der Waals surface area contributed by atoms with Gasteiger partial charge in [0.15, 0.2) is 0 Å². The zero-order valence-corrected chi connectivity index (χ0v) is 9.63. The monoisotopic (exact) mass is 239 g/mol. The predicted molar refractivity (Wildman–Crippen MR) is 62.2 cm³/mol. The fraction of sp³-hybridized carbons (Fsp3) is 0.455. The Balaban J connectivity index is 2.38. The second kappa shape index (κ2) is 4.39.